The Morgan fingerprint density at radius 1 is 1.39 bits per heavy atom. The highest BCUT2D eigenvalue weighted by atomic mass is 32.1. The van der Waals surface area contributed by atoms with Crippen LogP contribution in [0.2, 0.25) is 0 Å². The van der Waals surface area contributed by atoms with Gasteiger partial charge in [-0.1, -0.05) is 0 Å². The SMILES string of the molecule is Cc1nn(C)c2sc(C(=O)N[C@H]3CCc4nnc(C)n4C3)cc12. The third-order valence-corrected chi connectivity index (χ3v) is 5.59. The Labute approximate surface area is 137 Å². The Hall–Kier alpha value is -2.22. The zero-order chi connectivity index (χ0) is 16.1. The Kier molecular flexibility index (Phi) is 3.22. The second kappa shape index (κ2) is 5.16. The summed E-state index contributed by atoms with van der Waals surface area (Å²) in [4.78, 5) is 14.3. The monoisotopic (exact) mass is 330 g/mol. The van der Waals surface area contributed by atoms with E-state index in [4.69, 9.17) is 0 Å². The van der Waals surface area contributed by atoms with E-state index in [0.29, 0.717) is 0 Å². The second-order valence-electron chi connectivity index (χ2n) is 6.02. The number of fused-ring (bicyclic) bond motifs is 2. The molecule has 0 saturated carbocycles. The molecule has 0 unspecified atom stereocenters. The molecule has 8 heteroatoms. The van der Waals surface area contributed by atoms with Gasteiger partial charge in [-0.2, -0.15) is 5.10 Å². The van der Waals surface area contributed by atoms with Crippen molar-refractivity contribution in [1.82, 2.24) is 29.9 Å². The molecule has 0 aromatic carbocycles. The lowest BCUT2D eigenvalue weighted by Gasteiger charge is -2.24. The van der Waals surface area contributed by atoms with Crippen LogP contribution >= 0.6 is 11.3 Å². The summed E-state index contributed by atoms with van der Waals surface area (Å²) in [5, 5.41) is 16.8. The zero-order valence-electron chi connectivity index (χ0n) is 13.3. The molecule has 1 atom stereocenters. The number of hydrogen-bond donors (Lipinski definition) is 1. The highest BCUT2D eigenvalue weighted by molar-refractivity contribution is 7.20. The van der Waals surface area contributed by atoms with Crippen molar-refractivity contribution in [3.05, 3.63) is 28.3 Å². The van der Waals surface area contributed by atoms with Crippen molar-refractivity contribution in [1.29, 1.82) is 0 Å². The van der Waals surface area contributed by atoms with Gasteiger partial charge in [0, 0.05) is 31.4 Å². The van der Waals surface area contributed by atoms with Crippen LogP contribution in [0.5, 0.6) is 0 Å². The molecule has 1 N–H and O–H groups in total. The van der Waals surface area contributed by atoms with Gasteiger partial charge in [0.1, 0.15) is 16.5 Å². The first-order valence-corrected chi connectivity index (χ1v) is 8.47. The predicted octanol–water partition coefficient (Wildman–Crippen LogP) is 1.59. The molecule has 4 heterocycles. The highest BCUT2D eigenvalue weighted by Gasteiger charge is 2.24. The molecule has 1 amide bonds. The predicted molar refractivity (Wildman–Crippen MR) is 87.7 cm³/mol. The fourth-order valence-corrected chi connectivity index (χ4v) is 4.18. The number of carbonyl (C=O) groups excluding carboxylic acids is 1. The lowest BCUT2D eigenvalue weighted by molar-refractivity contribution is 0.0931. The third-order valence-electron chi connectivity index (χ3n) is 4.39. The molecule has 1 aliphatic heterocycles. The fourth-order valence-electron chi connectivity index (χ4n) is 3.15. The first-order chi connectivity index (χ1) is 11.0. The molecule has 7 nitrogen and oxygen atoms in total. The molecule has 0 saturated heterocycles. The highest BCUT2D eigenvalue weighted by Crippen LogP contribution is 2.27. The topological polar surface area (TPSA) is 77.6 Å². The lowest BCUT2D eigenvalue weighted by atomic mass is 10.1. The van der Waals surface area contributed by atoms with E-state index >= 15 is 0 Å². The van der Waals surface area contributed by atoms with Gasteiger partial charge < -0.3 is 9.88 Å². The van der Waals surface area contributed by atoms with Crippen molar-refractivity contribution in [2.45, 2.75) is 39.3 Å². The van der Waals surface area contributed by atoms with Crippen LogP contribution in [0, 0.1) is 13.8 Å². The number of aryl methyl sites for hydroxylation is 4. The number of rotatable bonds is 2. The summed E-state index contributed by atoms with van der Waals surface area (Å²) in [6.07, 6.45) is 1.75. The van der Waals surface area contributed by atoms with E-state index in [1.54, 1.807) is 0 Å². The minimum absolute atomic E-state index is 0.00947. The second-order valence-corrected chi connectivity index (χ2v) is 7.05. The van der Waals surface area contributed by atoms with E-state index in [2.05, 4.69) is 25.2 Å². The van der Waals surface area contributed by atoms with Gasteiger partial charge in [0.2, 0.25) is 0 Å². The molecular formula is C15H18N6OS. The van der Waals surface area contributed by atoms with Crippen molar-refractivity contribution in [2.24, 2.45) is 7.05 Å². The summed E-state index contributed by atoms with van der Waals surface area (Å²) >= 11 is 1.49. The summed E-state index contributed by atoms with van der Waals surface area (Å²) < 4.78 is 3.92. The maximum Gasteiger partial charge on any atom is 0.261 e. The van der Waals surface area contributed by atoms with Crippen molar-refractivity contribution >= 4 is 27.5 Å². The normalized spacial score (nSPS) is 17.4. The summed E-state index contributed by atoms with van der Waals surface area (Å²) in [6, 6.07) is 2.06. The standard InChI is InChI=1S/C15H18N6OS/c1-8-11-6-12(23-15(11)20(3)19-8)14(22)16-10-4-5-13-18-17-9(2)21(13)7-10/h6,10H,4-5,7H2,1-3H3,(H,16,22)/t10-/m0/s1. The van der Waals surface area contributed by atoms with Crippen molar-refractivity contribution in [3.8, 4) is 0 Å². The third kappa shape index (κ3) is 2.33. The van der Waals surface area contributed by atoms with Gasteiger partial charge in [0.25, 0.3) is 5.91 Å². The molecule has 0 fully saturated rings. The summed E-state index contributed by atoms with van der Waals surface area (Å²) in [5.74, 6) is 1.91. The van der Waals surface area contributed by atoms with Gasteiger partial charge in [-0.3, -0.25) is 9.48 Å². The van der Waals surface area contributed by atoms with E-state index in [1.807, 2.05) is 31.6 Å². The van der Waals surface area contributed by atoms with E-state index in [-0.39, 0.29) is 11.9 Å². The van der Waals surface area contributed by atoms with Gasteiger partial charge in [-0.15, -0.1) is 21.5 Å². The number of thiophene rings is 1. The average Bonchev–Trinajstić information content (AvgIpc) is 3.18. The summed E-state index contributed by atoms with van der Waals surface area (Å²) in [7, 11) is 1.91. The molecule has 1 aliphatic rings. The molecule has 3 aromatic rings. The maximum absolute atomic E-state index is 12.6. The van der Waals surface area contributed by atoms with Gasteiger partial charge in [0.15, 0.2) is 0 Å². The summed E-state index contributed by atoms with van der Waals surface area (Å²) in [6.45, 7) is 4.65. The lowest BCUT2D eigenvalue weighted by Crippen LogP contribution is -2.41. The largest absolute Gasteiger partial charge is 0.347 e. The number of amides is 1. The minimum atomic E-state index is -0.00947. The van der Waals surface area contributed by atoms with E-state index in [9.17, 15) is 4.79 Å². The van der Waals surface area contributed by atoms with Crippen molar-refractivity contribution in [3.63, 3.8) is 0 Å². The van der Waals surface area contributed by atoms with Crippen LogP contribution in [0.4, 0.5) is 0 Å². The van der Waals surface area contributed by atoms with E-state index in [1.165, 1.54) is 11.3 Å². The van der Waals surface area contributed by atoms with Crippen LogP contribution in [0.15, 0.2) is 6.07 Å². The molecule has 120 valence electrons. The number of nitrogens with zero attached hydrogens (tertiary/aromatic N) is 5. The van der Waals surface area contributed by atoms with Crippen LogP contribution < -0.4 is 5.32 Å². The van der Waals surface area contributed by atoms with E-state index in [0.717, 1.165) is 51.8 Å². The quantitative estimate of drug-likeness (QED) is 0.774. The van der Waals surface area contributed by atoms with Gasteiger partial charge in [-0.25, -0.2) is 0 Å². The molecule has 0 aliphatic carbocycles. The Morgan fingerprint density at radius 3 is 3.00 bits per heavy atom. The van der Waals surface area contributed by atoms with Crippen LogP contribution in [-0.2, 0) is 20.0 Å². The van der Waals surface area contributed by atoms with Crippen LogP contribution in [0.1, 0.15) is 33.4 Å². The first-order valence-electron chi connectivity index (χ1n) is 7.65. The van der Waals surface area contributed by atoms with Crippen molar-refractivity contribution < 1.29 is 4.79 Å². The number of carbonyl (C=O) groups is 1. The molecule has 4 rings (SSSR count). The van der Waals surface area contributed by atoms with Crippen LogP contribution in [0.25, 0.3) is 10.2 Å². The number of hydrogen-bond acceptors (Lipinski definition) is 5. The van der Waals surface area contributed by atoms with Gasteiger partial charge >= 0.3 is 0 Å². The first kappa shape index (κ1) is 14.4. The van der Waals surface area contributed by atoms with Crippen molar-refractivity contribution in [2.75, 3.05) is 0 Å². The Morgan fingerprint density at radius 2 is 2.22 bits per heavy atom. The van der Waals surface area contributed by atoms with Crippen LogP contribution in [0.3, 0.4) is 0 Å². The smallest absolute Gasteiger partial charge is 0.261 e. The maximum atomic E-state index is 12.6. The van der Waals surface area contributed by atoms with Gasteiger partial charge in [0.05, 0.1) is 10.6 Å². The Balaban J connectivity index is 1.53. The molecule has 23 heavy (non-hydrogen) atoms. The minimum Gasteiger partial charge on any atom is -0.347 e. The summed E-state index contributed by atoms with van der Waals surface area (Å²) in [5.41, 5.74) is 0.959. The zero-order valence-corrected chi connectivity index (χ0v) is 14.1. The number of nitrogens with one attached hydrogen (secondary N) is 1. The molecule has 0 bridgehead atoms. The molecular weight excluding hydrogens is 312 g/mol. The van der Waals surface area contributed by atoms with Gasteiger partial charge in [-0.05, 0) is 26.3 Å². The van der Waals surface area contributed by atoms with Crippen LogP contribution in [-0.4, -0.2) is 36.5 Å². The number of aromatic nitrogens is 5. The average molecular weight is 330 g/mol. The fraction of sp³-hybridized carbons (Fsp3) is 0.467. The Bertz CT molecular complexity index is 870. The molecule has 3 aromatic heterocycles. The molecule has 0 radical (unpaired) electrons. The molecule has 0 spiro atoms. The van der Waals surface area contributed by atoms with E-state index < -0.39 is 0 Å².